The number of thiazole rings is 1. The molecule has 0 radical (unpaired) electrons. The van der Waals surface area contributed by atoms with Gasteiger partial charge in [-0.15, -0.1) is 11.3 Å². The van der Waals surface area contributed by atoms with Crippen LogP contribution in [0.2, 0.25) is 0 Å². The fraction of sp³-hybridized carbons (Fsp3) is 0.529. The van der Waals surface area contributed by atoms with E-state index in [2.05, 4.69) is 25.7 Å². The number of fused-ring (bicyclic) bond motifs is 3. The molecular formula is C34H46N6O5S2. The van der Waals surface area contributed by atoms with Crippen molar-refractivity contribution in [2.45, 2.75) is 120 Å². The molecule has 2 bridgehead atoms. The topological polar surface area (TPSA) is 151 Å². The Morgan fingerprint density at radius 3 is 2.23 bits per heavy atom. The number of hydrogen-bond acceptors (Lipinski definition) is 8. The van der Waals surface area contributed by atoms with Gasteiger partial charge >= 0.3 is 12.1 Å². The van der Waals surface area contributed by atoms with Crippen LogP contribution in [0.5, 0.6) is 0 Å². The first-order chi connectivity index (χ1) is 21.9. The molecule has 6 rings (SSSR count). The van der Waals surface area contributed by atoms with Crippen LogP contribution in [0.25, 0.3) is 10.4 Å². The molecule has 47 heavy (non-hydrogen) atoms. The highest BCUT2D eigenvalue weighted by molar-refractivity contribution is 7.89. The lowest BCUT2D eigenvalue weighted by Gasteiger charge is -2.52. The van der Waals surface area contributed by atoms with E-state index in [1.54, 1.807) is 45.3 Å². The van der Waals surface area contributed by atoms with Crippen LogP contribution in [0.15, 0.2) is 53.7 Å². The van der Waals surface area contributed by atoms with E-state index in [1.807, 2.05) is 45.9 Å². The summed E-state index contributed by atoms with van der Waals surface area (Å²) in [4.78, 5) is 35.5. The Kier molecular flexibility index (Phi) is 9.48. The largest absolute Gasteiger partial charge is 0.447 e. The smallest absolute Gasteiger partial charge is 0.407 e. The predicted molar refractivity (Wildman–Crippen MR) is 184 cm³/mol. The fourth-order valence-corrected chi connectivity index (χ4v) is 9.48. The second-order valence-corrected chi connectivity index (χ2v) is 17.3. The van der Waals surface area contributed by atoms with Crippen molar-refractivity contribution in [3.63, 3.8) is 0 Å². The molecule has 0 aliphatic heterocycles. The summed E-state index contributed by atoms with van der Waals surface area (Å²) >= 11 is 1.51. The Morgan fingerprint density at radius 1 is 0.957 bits per heavy atom. The van der Waals surface area contributed by atoms with Crippen molar-refractivity contribution in [1.29, 1.82) is 0 Å². The van der Waals surface area contributed by atoms with E-state index in [4.69, 9.17) is 9.72 Å². The lowest BCUT2D eigenvalue weighted by molar-refractivity contribution is 0.0560. The van der Waals surface area contributed by atoms with Crippen LogP contribution in [0.3, 0.4) is 0 Å². The van der Waals surface area contributed by atoms with E-state index in [0.29, 0.717) is 16.9 Å². The van der Waals surface area contributed by atoms with Gasteiger partial charge in [0.15, 0.2) is 0 Å². The zero-order valence-corrected chi connectivity index (χ0v) is 29.8. The molecular weight excluding hydrogens is 637 g/mol. The lowest BCUT2D eigenvalue weighted by Crippen LogP contribution is -2.58. The van der Waals surface area contributed by atoms with Crippen molar-refractivity contribution in [2.75, 3.05) is 5.32 Å². The van der Waals surface area contributed by atoms with E-state index >= 15 is 0 Å². The van der Waals surface area contributed by atoms with Crippen LogP contribution in [-0.2, 0) is 25.7 Å². The van der Waals surface area contributed by atoms with E-state index in [-0.39, 0.29) is 28.0 Å². The highest BCUT2D eigenvalue weighted by Gasteiger charge is 2.51. The number of nitrogens with one attached hydrogen (secondary N) is 4. The minimum absolute atomic E-state index is 0.0566. The molecule has 254 valence electrons. The fourth-order valence-electron chi connectivity index (χ4n) is 6.52. The molecule has 3 aliphatic carbocycles. The molecule has 2 heterocycles. The summed E-state index contributed by atoms with van der Waals surface area (Å²) in [6.45, 7) is 12.7. The van der Waals surface area contributed by atoms with E-state index in [0.717, 1.165) is 48.4 Å². The maximum atomic E-state index is 13.8. The number of carbonyl (C=O) groups is 2. The maximum absolute atomic E-state index is 13.8. The van der Waals surface area contributed by atoms with E-state index in [9.17, 15) is 18.0 Å². The first-order valence-electron chi connectivity index (χ1n) is 16.1. The number of sulfonamides is 1. The Morgan fingerprint density at radius 2 is 1.64 bits per heavy atom. The normalized spacial score (nSPS) is 21.4. The van der Waals surface area contributed by atoms with Gasteiger partial charge < -0.3 is 20.7 Å². The van der Waals surface area contributed by atoms with Crippen LogP contribution in [0.1, 0.15) is 97.7 Å². The Labute approximate surface area is 281 Å². The molecule has 3 aromatic rings. The van der Waals surface area contributed by atoms with Gasteiger partial charge in [0, 0.05) is 40.1 Å². The van der Waals surface area contributed by atoms with Crippen LogP contribution in [0, 0.1) is 0 Å². The molecule has 13 heteroatoms. The van der Waals surface area contributed by atoms with Crippen LogP contribution in [0.4, 0.5) is 15.3 Å². The standard InChI is InChI=1S/C34H46N6O5S2/c1-22(2)45-30(42)39-34-16-13-33(14-17-34,15-18-34)28-36-21-25(46-28)24-12-11-23(20-26(24)47(43,44)40-31(3,4)5)37-29(41)38-32(6,7)27-10-8-9-19-35-27/h8-12,19-22,40H,13-18H2,1-7H3,(H,39,42)(H2,37,38,41). The third-order valence-corrected chi connectivity index (χ3v) is 12.0. The first-order valence-corrected chi connectivity index (χ1v) is 18.4. The van der Waals surface area contributed by atoms with Crippen LogP contribution >= 0.6 is 11.3 Å². The van der Waals surface area contributed by atoms with Gasteiger partial charge in [0.1, 0.15) is 0 Å². The van der Waals surface area contributed by atoms with Crippen LogP contribution < -0.4 is 20.7 Å². The summed E-state index contributed by atoms with van der Waals surface area (Å²) in [5, 5.41) is 9.85. The number of carbonyl (C=O) groups excluding carboxylic acids is 2. The number of nitrogens with zero attached hydrogens (tertiary/aromatic N) is 2. The second-order valence-electron chi connectivity index (χ2n) is 14.7. The van der Waals surface area contributed by atoms with Gasteiger partial charge in [-0.05, 0) is 111 Å². The average molecular weight is 683 g/mol. The summed E-state index contributed by atoms with van der Waals surface area (Å²) in [7, 11) is -4.00. The quantitative estimate of drug-likeness (QED) is 0.193. The highest BCUT2D eigenvalue weighted by atomic mass is 32.2. The predicted octanol–water partition coefficient (Wildman–Crippen LogP) is 6.82. The number of hydrogen-bond donors (Lipinski definition) is 4. The summed E-state index contributed by atoms with van der Waals surface area (Å²) < 4.78 is 35.7. The molecule has 0 unspecified atom stereocenters. The third kappa shape index (κ3) is 7.95. The molecule has 11 nitrogen and oxygen atoms in total. The zero-order chi connectivity index (χ0) is 34.3. The number of amides is 3. The SMILES string of the molecule is CC(C)OC(=O)NC12CCC(c3ncc(-c4ccc(NC(=O)NC(C)(C)c5ccccn5)cc4S(=O)(=O)NC(C)(C)C)s3)(CC1)CC2. The minimum atomic E-state index is -4.00. The maximum Gasteiger partial charge on any atom is 0.407 e. The Hall–Kier alpha value is -3.55. The third-order valence-electron chi connectivity index (χ3n) is 8.88. The summed E-state index contributed by atoms with van der Waals surface area (Å²) in [5.41, 5.74) is -0.325. The van der Waals surface area contributed by atoms with Crippen molar-refractivity contribution in [1.82, 2.24) is 25.3 Å². The summed E-state index contributed by atoms with van der Waals surface area (Å²) in [5.74, 6) is 0. The molecule has 0 saturated heterocycles. The number of aromatic nitrogens is 2. The summed E-state index contributed by atoms with van der Waals surface area (Å²) in [6.07, 6.45) is 8.03. The molecule has 3 amide bonds. The molecule has 0 spiro atoms. The molecule has 0 atom stereocenters. The van der Waals surface area contributed by atoms with Gasteiger partial charge in [0.05, 0.1) is 32.1 Å². The summed E-state index contributed by atoms with van der Waals surface area (Å²) in [6, 6.07) is 9.92. The van der Waals surface area contributed by atoms with Gasteiger partial charge in [-0.3, -0.25) is 4.98 Å². The monoisotopic (exact) mass is 682 g/mol. The molecule has 3 aliphatic rings. The number of urea groups is 1. The molecule has 3 fully saturated rings. The average Bonchev–Trinajstić information content (AvgIpc) is 3.48. The van der Waals surface area contributed by atoms with E-state index in [1.165, 1.54) is 17.4 Å². The molecule has 3 saturated carbocycles. The molecule has 1 aromatic carbocycles. The number of rotatable bonds is 9. The van der Waals surface area contributed by atoms with Gasteiger partial charge in [0.2, 0.25) is 10.0 Å². The van der Waals surface area contributed by atoms with Gasteiger partial charge in [-0.1, -0.05) is 12.1 Å². The lowest BCUT2D eigenvalue weighted by atomic mass is 9.57. The number of benzene rings is 1. The minimum Gasteiger partial charge on any atom is -0.447 e. The number of pyridine rings is 1. The van der Waals surface area contributed by atoms with Crippen molar-refractivity contribution < 1.29 is 22.7 Å². The van der Waals surface area contributed by atoms with Crippen LogP contribution in [-0.4, -0.2) is 47.7 Å². The van der Waals surface area contributed by atoms with Gasteiger partial charge in [-0.2, -0.15) is 0 Å². The highest BCUT2D eigenvalue weighted by Crippen LogP contribution is 2.55. The number of ether oxygens (including phenoxy) is 1. The van der Waals surface area contributed by atoms with Crippen molar-refractivity contribution in [3.05, 3.63) is 59.5 Å². The van der Waals surface area contributed by atoms with Crippen molar-refractivity contribution in [3.8, 4) is 10.4 Å². The Bertz CT molecular complexity index is 1710. The number of anilines is 1. The van der Waals surface area contributed by atoms with E-state index < -0.39 is 27.1 Å². The first kappa shape index (κ1) is 34.8. The molecule has 4 N–H and O–H groups in total. The van der Waals surface area contributed by atoms with Crippen molar-refractivity contribution >= 4 is 39.2 Å². The Balaban J connectivity index is 1.39. The number of alkyl carbamates (subject to hydrolysis) is 1. The zero-order valence-electron chi connectivity index (χ0n) is 28.2. The molecule has 2 aromatic heterocycles. The van der Waals surface area contributed by atoms with Crippen molar-refractivity contribution in [2.24, 2.45) is 0 Å². The van der Waals surface area contributed by atoms with Gasteiger partial charge in [0.25, 0.3) is 0 Å². The second kappa shape index (κ2) is 12.8. The van der Waals surface area contributed by atoms with Gasteiger partial charge in [-0.25, -0.2) is 27.7 Å².